The van der Waals surface area contributed by atoms with Crippen LogP contribution in [0.4, 0.5) is 0 Å². The molecule has 1 heterocycles. The van der Waals surface area contributed by atoms with Gasteiger partial charge in [-0.15, -0.1) is 0 Å². The summed E-state index contributed by atoms with van der Waals surface area (Å²) in [6.07, 6.45) is 5.98. The van der Waals surface area contributed by atoms with E-state index in [1.165, 1.54) is 5.56 Å². The smallest absolute Gasteiger partial charge is 0.0643 e. The zero-order chi connectivity index (χ0) is 15.3. The van der Waals surface area contributed by atoms with E-state index in [9.17, 15) is 0 Å². The predicted molar refractivity (Wildman–Crippen MR) is 88.3 cm³/mol. The predicted octanol–water partition coefficient (Wildman–Crippen LogP) is 3.75. The van der Waals surface area contributed by atoms with Crippen LogP contribution < -0.4 is 5.73 Å². The van der Waals surface area contributed by atoms with Crippen LogP contribution in [0.25, 0.3) is 0 Å². The van der Waals surface area contributed by atoms with Crippen LogP contribution in [-0.2, 0) is 12.8 Å². The van der Waals surface area contributed by atoms with E-state index in [-0.39, 0.29) is 5.54 Å². The van der Waals surface area contributed by atoms with Crippen molar-refractivity contribution in [3.63, 3.8) is 0 Å². The molecule has 0 amide bonds. The summed E-state index contributed by atoms with van der Waals surface area (Å²) in [6.45, 7) is 6.52. The number of nitrogens with two attached hydrogens (primary N) is 1. The van der Waals surface area contributed by atoms with Crippen molar-refractivity contribution in [3.8, 4) is 0 Å². The molecule has 0 radical (unpaired) electrons. The SMILES string of the molecule is CCC(CC)n1ccc(CC(C)(N)Cc2ccccc2)n1. The van der Waals surface area contributed by atoms with E-state index in [2.05, 4.69) is 62.0 Å². The summed E-state index contributed by atoms with van der Waals surface area (Å²) < 4.78 is 2.09. The van der Waals surface area contributed by atoms with Crippen LogP contribution in [0.3, 0.4) is 0 Å². The molecule has 21 heavy (non-hydrogen) atoms. The summed E-state index contributed by atoms with van der Waals surface area (Å²) >= 11 is 0. The highest BCUT2D eigenvalue weighted by Crippen LogP contribution is 2.18. The molecule has 0 saturated heterocycles. The third-order valence-electron chi connectivity index (χ3n) is 4.02. The zero-order valence-corrected chi connectivity index (χ0v) is 13.4. The maximum Gasteiger partial charge on any atom is 0.0643 e. The van der Waals surface area contributed by atoms with Gasteiger partial charge < -0.3 is 5.73 Å². The Bertz CT molecular complexity index is 539. The van der Waals surface area contributed by atoms with Gasteiger partial charge in [0, 0.05) is 18.2 Å². The van der Waals surface area contributed by atoms with Gasteiger partial charge in [-0.25, -0.2) is 0 Å². The summed E-state index contributed by atoms with van der Waals surface area (Å²) in [5, 5.41) is 4.72. The van der Waals surface area contributed by atoms with Crippen LogP contribution in [0, 0.1) is 0 Å². The second-order valence-corrected chi connectivity index (χ2v) is 6.25. The molecule has 0 aliphatic rings. The van der Waals surface area contributed by atoms with Gasteiger partial charge in [0.2, 0.25) is 0 Å². The molecule has 0 aliphatic carbocycles. The van der Waals surface area contributed by atoms with Gasteiger partial charge in [0.1, 0.15) is 0 Å². The van der Waals surface area contributed by atoms with Crippen LogP contribution in [0.15, 0.2) is 42.6 Å². The molecule has 2 N–H and O–H groups in total. The molecular formula is C18H27N3. The molecule has 3 heteroatoms. The third kappa shape index (κ3) is 4.43. The molecule has 0 spiro atoms. The first-order valence-corrected chi connectivity index (χ1v) is 7.91. The molecule has 1 aromatic carbocycles. The van der Waals surface area contributed by atoms with E-state index in [1.807, 2.05) is 6.07 Å². The van der Waals surface area contributed by atoms with E-state index in [1.54, 1.807) is 0 Å². The van der Waals surface area contributed by atoms with Crippen molar-refractivity contribution in [1.82, 2.24) is 9.78 Å². The molecule has 1 unspecified atom stereocenters. The molecule has 0 saturated carbocycles. The number of hydrogen-bond acceptors (Lipinski definition) is 2. The van der Waals surface area contributed by atoms with E-state index in [0.29, 0.717) is 6.04 Å². The summed E-state index contributed by atoms with van der Waals surface area (Å²) in [4.78, 5) is 0. The number of nitrogens with zero attached hydrogens (tertiary/aromatic N) is 2. The van der Waals surface area contributed by atoms with Crippen LogP contribution in [0.5, 0.6) is 0 Å². The number of aromatic nitrogens is 2. The minimum atomic E-state index is -0.269. The maximum absolute atomic E-state index is 6.48. The highest BCUT2D eigenvalue weighted by atomic mass is 15.3. The number of benzene rings is 1. The lowest BCUT2D eigenvalue weighted by atomic mass is 9.89. The van der Waals surface area contributed by atoms with E-state index >= 15 is 0 Å². The second kappa shape index (κ2) is 6.90. The van der Waals surface area contributed by atoms with Gasteiger partial charge in [-0.3, -0.25) is 4.68 Å². The molecule has 0 fully saturated rings. The largest absolute Gasteiger partial charge is 0.325 e. The van der Waals surface area contributed by atoms with Crippen molar-refractivity contribution in [2.45, 2.75) is 58.0 Å². The van der Waals surface area contributed by atoms with Crippen molar-refractivity contribution in [3.05, 3.63) is 53.9 Å². The highest BCUT2D eigenvalue weighted by Gasteiger charge is 2.21. The molecular weight excluding hydrogens is 258 g/mol. The molecule has 1 atom stereocenters. The number of hydrogen-bond donors (Lipinski definition) is 1. The standard InChI is InChI=1S/C18H27N3/c1-4-17(5-2)21-12-11-16(20-21)14-18(3,19)13-15-9-7-6-8-10-15/h6-12,17H,4-5,13-14,19H2,1-3H3. The van der Waals surface area contributed by atoms with E-state index in [4.69, 9.17) is 10.8 Å². The summed E-state index contributed by atoms with van der Waals surface area (Å²) in [6, 6.07) is 13.0. The Balaban J connectivity index is 2.03. The monoisotopic (exact) mass is 285 g/mol. The first kappa shape index (κ1) is 15.8. The first-order chi connectivity index (χ1) is 10.0. The fraction of sp³-hybridized carbons (Fsp3) is 0.500. The second-order valence-electron chi connectivity index (χ2n) is 6.25. The lowest BCUT2D eigenvalue weighted by Crippen LogP contribution is -2.41. The van der Waals surface area contributed by atoms with E-state index in [0.717, 1.165) is 31.4 Å². The fourth-order valence-electron chi connectivity index (χ4n) is 2.88. The Morgan fingerprint density at radius 3 is 2.38 bits per heavy atom. The van der Waals surface area contributed by atoms with Crippen molar-refractivity contribution in [2.75, 3.05) is 0 Å². The maximum atomic E-state index is 6.48. The first-order valence-electron chi connectivity index (χ1n) is 7.91. The van der Waals surface area contributed by atoms with Gasteiger partial charge in [-0.05, 0) is 37.8 Å². The minimum Gasteiger partial charge on any atom is -0.325 e. The topological polar surface area (TPSA) is 43.8 Å². The molecule has 0 bridgehead atoms. The summed E-state index contributed by atoms with van der Waals surface area (Å²) in [7, 11) is 0. The Morgan fingerprint density at radius 1 is 1.10 bits per heavy atom. The normalized spacial score (nSPS) is 14.3. The van der Waals surface area contributed by atoms with Gasteiger partial charge in [0.25, 0.3) is 0 Å². The highest BCUT2D eigenvalue weighted by molar-refractivity contribution is 5.18. The lowest BCUT2D eigenvalue weighted by Gasteiger charge is -2.24. The molecule has 1 aromatic heterocycles. The van der Waals surface area contributed by atoms with Gasteiger partial charge in [0.15, 0.2) is 0 Å². The molecule has 0 aliphatic heterocycles. The van der Waals surface area contributed by atoms with Crippen molar-refractivity contribution >= 4 is 0 Å². The molecule has 114 valence electrons. The molecule has 2 aromatic rings. The van der Waals surface area contributed by atoms with Gasteiger partial charge in [-0.1, -0.05) is 44.2 Å². The van der Waals surface area contributed by atoms with Crippen LogP contribution in [0.2, 0.25) is 0 Å². The summed E-state index contributed by atoms with van der Waals surface area (Å²) in [5.41, 5.74) is 8.58. The van der Waals surface area contributed by atoms with Crippen molar-refractivity contribution < 1.29 is 0 Å². The van der Waals surface area contributed by atoms with Crippen LogP contribution in [-0.4, -0.2) is 15.3 Å². The fourth-order valence-corrected chi connectivity index (χ4v) is 2.88. The molecule has 2 rings (SSSR count). The average Bonchev–Trinajstić information content (AvgIpc) is 2.88. The third-order valence-corrected chi connectivity index (χ3v) is 4.02. The van der Waals surface area contributed by atoms with Crippen LogP contribution in [0.1, 0.15) is 50.9 Å². The Hall–Kier alpha value is -1.61. The van der Waals surface area contributed by atoms with Gasteiger partial charge >= 0.3 is 0 Å². The Kier molecular flexibility index (Phi) is 5.18. The Morgan fingerprint density at radius 2 is 1.76 bits per heavy atom. The van der Waals surface area contributed by atoms with Gasteiger partial charge in [-0.2, -0.15) is 5.10 Å². The quantitative estimate of drug-likeness (QED) is 0.842. The van der Waals surface area contributed by atoms with Crippen LogP contribution >= 0.6 is 0 Å². The molecule has 3 nitrogen and oxygen atoms in total. The van der Waals surface area contributed by atoms with Gasteiger partial charge in [0.05, 0.1) is 11.7 Å². The number of rotatable bonds is 7. The lowest BCUT2D eigenvalue weighted by molar-refractivity contribution is 0.414. The summed E-state index contributed by atoms with van der Waals surface area (Å²) in [5.74, 6) is 0. The Labute approximate surface area is 128 Å². The van der Waals surface area contributed by atoms with Crippen molar-refractivity contribution in [1.29, 1.82) is 0 Å². The zero-order valence-electron chi connectivity index (χ0n) is 13.4. The minimum absolute atomic E-state index is 0.269. The van der Waals surface area contributed by atoms with Crippen molar-refractivity contribution in [2.24, 2.45) is 5.73 Å². The van der Waals surface area contributed by atoms with E-state index < -0.39 is 0 Å². The average molecular weight is 285 g/mol.